The summed E-state index contributed by atoms with van der Waals surface area (Å²) >= 11 is 0. The second-order valence-electron chi connectivity index (χ2n) is 11.2. The molecule has 0 bridgehead atoms. The van der Waals surface area contributed by atoms with Crippen molar-refractivity contribution in [3.8, 4) is 0 Å². The molecule has 6 unspecified atom stereocenters. The number of aliphatic hydroxyl groups excluding tert-OH is 2. The smallest absolute Gasteiger partial charge is 0.0577 e. The minimum absolute atomic E-state index is 0.0823. The number of aliphatic hydroxyl groups is 2. The molecule has 0 aromatic heterocycles. The topological polar surface area (TPSA) is 40.5 Å². The van der Waals surface area contributed by atoms with E-state index in [1.54, 1.807) is 5.57 Å². The van der Waals surface area contributed by atoms with Crippen LogP contribution in [0.15, 0.2) is 11.6 Å². The average Bonchev–Trinajstić information content (AvgIpc) is 2.96. The number of hydrogen-bond donors (Lipinski definition) is 2. The Morgan fingerprint density at radius 1 is 1.07 bits per heavy atom. The Labute approximate surface area is 166 Å². The largest absolute Gasteiger partial charge is 0.393 e. The zero-order chi connectivity index (χ0) is 19.2. The van der Waals surface area contributed by atoms with E-state index >= 15 is 0 Å². The summed E-state index contributed by atoms with van der Waals surface area (Å²) in [4.78, 5) is 0. The molecule has 4 aliphatic rings. The van der Waals surface area contributed by atoms with Crippen molar-refractivity contribution >= 4 is 0 Å². The molecular formula is C25H42O2. The van der Waals surface area contributed by atoms with Gasteiger partial charge in [0.1, 0.15) is 0 Å². The zero-order valence-electron chi connectivity index (χ0n) is 17.9. The molecule has 0 radical (unpaired) electrons. The Bertz CT molecular complexity index is 553. The highest BCUT2D eigenvalue weighted by Gasteiger charge is 2.55. The lowest BCUT2D eigenvalue weighted by molar-refractivity contribution is -0.0283. The lowest BCUT2D eigenvalue weighted by atomic mass is 9.51. The summed E-state index contributed by atoms with van der Waals surface area (Å²) in [5.74, 6) is 4.80. The van der Waals surface area contributed by atoms with Crippen LogP contribution in [0.5, 0.6) is 0 Å². The highest BCUT2D eigenvalue weighted by Crippen LogP contribution is 2.64. The fourth-order valence-corrected chi connectivity index (χ4v) is 7.72. The third-order valence-corrected chi connectivity index (χ3v) is 9.25. The highest BCUT2D eigenvalue weighted by atomic mass is 16.3. The van der Waals surface area contributed by atoms with Crippen LogP contribution in [0.25, 0.3) is 0 Å². The first-order chi connectivity index (χ1) is 12.9. The van der Waals surface area contributed by atoms with Crippen LogP contribution in [0.1, 0.15) is 91.4 Å². The lowest BCUT2D eigenvalue weighted by Crippen LogP contribution is -2.46. The van der Waals surface area contributed by atoms with Crippen LogP contribution in [0, 0.1) is 40.9 Å². The minimum Gasteiger partial charge on any atom is -0.393 e. The number of allylic oxidation sites excluding steroid dienone is 1. The predicted octanol–water partition coefficient (Wildman–Crippen LogP) is 5.72. The Kier molecular flexibility index (Phi) is 5.78. The van der Waals surface area contributed by atoms with Gasteiger partial charge < -0.3 is 10.2 Å². The fraction of sp³-hybridized carbons (Fsp3) is 0.920. The van der Waals surface area contributed by atoms with E-state index in [-0.39, 0.29) is 12.2 Å². The van der Waals surface area contributed by atoms with Gasteiger partial charge >= 0.3 is 0 Å². The van der Waals surface area contributed by atoms with Crippen LogP contribution in [-0.2, 0) is 0 Å². The number of rotatable bonds is 5. The van der Waals surface area contributed by atoms with Crippen molar-refractivity contribution in [1.82, 2.24) is 0 Å². The molecule has 0 aromatic carbocycles. The average molecular weight is 375 g/mol. The van der Waals surface area contributed by atoms with Crippen molar-refractivity contribution in [3.05, 3.63) is 11.6 Å². The summed E-state index contributed by atoms with van der Waals surface area (Å²) in [6.07, 6.45) is 15.4. The maximum atomic E-state index is 10.6. The number of hydrogen-bond acceptors (Lipinski definition) is 2. The summed E-state index contributed by atoms with van der Waals surface area (Å²) in [5.41, 5.74) is 2.05. The van der Waals surface area contributed by atoms with Crippen molar-refractivity contribution < 1.29 is 10.2 Å². The zero-order valence-corrected chi connectivity index (χ0v) is 17.9. The van der Waals surface area contributed by atoms with E-state index in [0.29, 0.717) is 11.3 Å². The summed E-state index contributed by atoms with van der Waals surface area (Å²) < 4.78 is 0. The summed E-state index contributed by atoms with van der Waals surface area (Å²) in [6.45, 7) is 7.09. The molecular weight excluding hydrogens is 332 g/mol. The van der Waals surface area contributed by atoms with Crippen LogP contribution in [-0.4, -0.2) is 22.4 Å². The molecule has 0 amide bonds. The Morgan fingerprint density at radius 3 is 2.67 bits per heavy atom. The molecule has 3 saturated carbocycles. The fourth-order valence-electron chi connectivity index (χ4n) is 7.72. The van der Waals surface area contributed by atoms with Gasteiger partial charge in [-0.25, -0.2) is 0 Å². The van der Waals surface area contributed by atoms with Gasteiger partial charge in [-0.2, -0.15) is 0 Å². The van der Waals surface area contributed by atoms with E-state index in [1.807, 2.05) is 0 Å². The SMILES string of the molecule is CC(C)CCC(O)C[C@H]1CCC2C3CC=C4C[C@@H](O)CCC4C3CCC21C. The van der Waals surface area contributed by atoms with E-state index < -0.39 is 0 Å². The van der Waals surface area contributed by atoms with E-state index in [9.17, 15) is 10.2 Å². The molecule has 4 aliphatic carbocycles. The number of fused-ring (bicyclic) bond motifs is 5. The van der Waals surface area contributed by atoms with Crippen molar-refractivity contribution in [1.29, 1.82) is 0 Å². The van der Waals surface area contributed by atoms with Gasteiger partial charge in [-0.1, -0.05) is 32.4 Å². The maximum Gasteiger partial charge on any atom is 0.0577 e. The molecule has 2 heteroatoms. The van der Waals surface area contributed by atoms with Gasteiger partial charge in [-0.15, -0.1) is 0 Å². The van der Waals surface area contributed by atoms with Gasteiger partial charge in [0.05, 0.1) is 12.2 Å². The van der Waals surface area contributed by atoms with Crippen LogP contribution < -0.4 is 0 Å². The second-order valence-corrected chi connectivity index (χ2v) is 11.2. The van der Waals surface area contributed by atoms with Gasteiger partial charge in [0, 0.05) is 0 Å². The standard InChI is InChI=1S/C25H42O2/c1-16(2)4-7-20(27)15-18-6-11-24-23-9-5-17-14-19(26)8-10-21(17)22(23)12-13-25(18,24)3/h5,16,18-24,26-27H,4,6-15H2,1-3H3/t18-,19+,20?,21?,22?,23?,24?,25?/m1/s1. The molecule has 0 spiro atoms. The minimum atomic E-state index is -0.0941. The monoisotopic (exact) mass is 374 g/mol. The van der Waals surface area contributed by atoms with Gasteiger partial charge in [-0.05, 0) is 112 Å². The molecule has 154 valence electrons. The molecule has 0 heterocycles. The Balaban J connectivity index is 1.44. The van der Waals surface area contributed by atoms with Gasteiger partial charge in [0.2, 0.25) is 0 Å². The van der Waals surface area contributed by atoms with Crippen LogP contribution >= 0.6 is 0 Å². The maximum absolute atomic E-state index is 10.6. The molecule has 2 N–H and O–H groups in total. The van der Waals surface area contributed by atoms with Crippen LogP contribution in [0.4, 0.5) is 0 Å². The van der Waals surface area contributed by atoms with Crippen molar-refractivity contribution in [3.63, 3.8) is 0 Å². The molecule has 3 fully saturated rings. The molecule has 0 aliphatic heterocycles. The first kappa shape index (κ1) is 20.0. The molecule has 4 rings (SSSR count). The van der Waals surface area contributed by atoms with Crippen LogP contribution in [0.3, 0.4) is 0 Å². The summed E-state index contributed by atoms with van der Waals surface area (Å²) in [6, 6.07) is 0. The van der Waals surface area contributed by atoms with E-state index in [1.165, 1.54) is 38.5 Å². The third-order valence-electron chi connectivity index (χ3n) is 9.25. The summed E-state index contributed by atoms with van der Waals surface area (Å²) in [5, 5.41) is 20.7. The van der Waals surface area contributed by atoms with E-state index in [4.69, 9.17) is 0 Å². The molecule has 8 atom stereocenters. The van der Waals surface area contributed by atoms with Gasteiger partial charge in [-0.3, -0.25) is 0 Å². The second kappa shape index (κ2) is 7.82. The van der Waals surface area contributed by atoms with Gasteiger partial charge in [0.15, 0.2) is 0 Å². The first-order valence-electron chi connectivity index (χ1n) is 11.9. The van der Waals surface area contributed by atoms with E-state index in [0.717, 1.165) is 61.7 Å². The van der Waals surface area contributed by atoms with Crippen LogP contribution in [0.2, 0.25) is 0 Å². The molecule has 2 nitrogen and oxygen atoms in total. The van der Waals surface area contributed by atoms with Crippen molar-refractivity contribution in [2.75, 3.05) is 0 Å². The third kappa shape index (κ3) is 3.78. The van der Waals surface area contributed by atoms with Crippen molar-refractivity contribution in [2.45, 2.75) is 104 Å². The lowest BCUT2D eigenvalue weighted by Gasteiger charge is -2.54. The highest BCUT2D eigenvalue weighted by molar-refractivity contribution is 5.20. The molecule has 27 heavy (non-hydrogen) atoms. The predicted molar refractivity (Wildman–Crippen MR) is 111 cm³/mol. The molecule has 0 saturated heterocycles. The quantitative estimate of drug-likeness (QED) is 0.604. The normalized spacial score (nSPS) is 45.0. The van der Waals surface area contributed by atoms with Crippen molar-refractivity contribution in [2.24, 2.45) is 40.9 Å². The van der Waals surface area contributed by atoms with E-state index in [2.05, 4.69) is 26.8 Å². The Hall–Kier alpha value is -0.340. The Morgan fingerprint density at radius 2 is 1.89 bits per heavy atom. The summed E-state index contributed by atoms with van der Waals surface area (Å²) in [7, 11) is 0. The molecule has 0 aromatic rings. The van der Waals surface area contributed by atoms with Gasteiger partial charge in [0.25, 0.3) is 0 Å². The first-order valence-corrected chi connectivity index (χ1v) is 11.9.